The van der Waals surface area contributed by atoms with Gasteiger partial charge in [-0.05, 0) is 48.4 Å². The minimum Gasteiger partial charge on any atom is -0.493 e. The maximum absolute atomic E-state index is 13.5. The van der Waals surface area contributed by atoms with E-state index in [0.29, 0.717) is 6.61 Å². The highest BCUT2D eigenvalue weighted by Crippen LogP contribution is 2.37. The molecule has 2 aromatic heterocycles. The number of alkyl halides is 2. The van der Waals surface area contributed by atoms with Gasteiger partial charge in [-0.3, -0.25) is 4.79 Å². The van der Waals surface area contributed by atoms with E-state index in [1.807, 2.05) is 24.3 Å². The predicted octanol–water partition coefficient (Wildman–Crippen LogP) is 7.06. The van der Waals surface area contributed by atoms with Gasteiger partial charge in [0.15, 0.2) is 0 Å². The van der Waals surface area contributed by atoms with Crippen molar-refractivity contribution in [2.24, 2.45) is 0 Å². The van der Waals surface area contributed by atoms with E-state index in [1.54, 1.807) is 34.2 Å². The van der Waals surface area contributed by atoms with Gasteiger partial charge in [-0.2, -0.15) is 0 Å². The molecule has 0 spiro atoms. The third-order valence-electron chi connectivity index (χ3n) is 5.63. The first-order valence-electron chi connectivity index (χ1n) is 10.6. The van der Waals surface area contributed by atoms with Crippen LogP contribution in [-0.2, 0) is 17.3 Å². The third kappa shape index (κ3) is 5.09. The summed E-state index contributed by atoms with van der Waals surface area (Å²) in [6.45, 7) is 5.47. The molecule has 4 nitrogen and oxygen atoms in total. The number of carbonyl (C=O) groups is 1. The SMILES string of the molecule is Cc1cc(-c2ccc(C(C)(F)F)cc2)sc1C(C)COc1ccc2c(ccn2CC(=O)O)c1. The molecule has 0 radical (unpaired) electrons. The van der Waals surface area contributed by atoms with Crippen molar-refractivity contribution < 1.29 is 23.4 Å². The lowest BCUT2D eigenvalue weighted by molar-refractivity contribution is -0.137. The van der Waals surface area contributed by atoms with Crippen molar-refractivity contribution in [2.45, 2.75) is 39.2 Å². The van der Waals surface area contributed by atoms with Gasteiger partial charge in [0.25, 0.3) is 5.92 Å². The molecule has 4 rings (SSSR count). The number of nitrogens with zero attached hydrogens (tertiary/aromatic N) is 1. The molecule has 0 bridgehead atoms. The van der Waals surface area contributed by atoms with E-state index in [9.17, 15) is 13.6 Å². The molecule has 0 saturated carbocycles. The maximum atomic E-state index is 13.5. The van der Waals surface area contributed by atoms with Crippen molar-refractivity contribution in [3.8, 4) is 16.2 Å². The van der Waals surface area contributed by atoms with Crippen LogP contribution in [0, 0.1) is 6.92 Å². The van der Waals surface area contributed by atoms with Crippen LogP contribution in [0.4, 0.5) is 8.78 Å². The molecular formula is C26H25F2NO3S. The first-order valence-corrected chi connectivity index (χ1v) is 11.5. The van der Waals surface area contributed by atoms with E-state index < -0.39 is 11.9 Å². The summed E-state index contributed by atoms with van der Waals surface area (Å²) in [7, 11) is 0. The van der Waals surface area contributed by atoms with Crippen LogP contribution < -0.4 is 4.74 Å². The van der Waals surface area contributed by atoms with E-state index >= 15 is 0 Å². The lowest BCUT2D eigenvalue weighted by atomic mass is 10.0. The lowest BCUT2D eigenvalue weighted by Gasteiger charge is -2.13. The van der Waals surface area contributed by atoms with E-state index in [0.717, 1.165) is 39.6 Å². The topological polar surface area (TPSA) is 51.5 Å². The van der Waals surface area contributed by atoms with Gasteiger partial charge < -0.3 is 14.4 Å². The highest BCUT2D eigenvalue weighted by Gasteiger charge is 2.24. The fourth-order valence-electron chi connectivity index (χ4n) is 3.90. The fraction of sp³-hybridized carbons (Fsp3) is 0.269. The molecule has 0 aliphatic carbocycles. The Morgan fingerprint density at radius 1 is 1.15 bits per heavy atom. The van der Waals surface area contributed by atoms with Gasteiger partial charge in [-0.15, -0.1) is 11.3 Å². The predicted molar refractivity (Wildman–Crippen MR) is 128 cm³/mol. The van der Waals surface area contributed by atoms with Gasteiger partial charge in [-0.25, -0.2) is 8.78 Å². The number of aliphatic carboxylic acids is 1. The Labute approximate surface area is 195 Å². The molecule has 7 heteroatoms. The van der Waals surface area contributed by atoms with E-state index in [1.165, 1.54) is 17.0 Å². The highest BCUT2D eigenvalue weighted by molar-refractivity contribution is 7.15. The van der Waals surface area contributed by atoms with Gasteiger partial charge in [0.05, 0.1) is 6.61 Å². The third-order valence-corrected chi connectivity index (χ3v) is 7.15. The zero-order valence-corrected chi connectivity index (χ0v) is 19.5. The number of aryl methyl sites for hydroxylation is 1. The molecule has 4 aromatic rings. The quantitative estimate of drug-likeness (QED) is 0.301. The van der Waals surface area contributed by atoms with Crippen LogP contribution in [0.15, 0.2) is 60.8 Å². The molecule has 1 unspecified atom stereocenters. The van der Waals surface area contributed by atoms with Gasteiger partial charge in [0.1, 0.15) is 12.3 Å². The van der Waals surface area contributed by atoms with Gasteiger partial charge in [-0.1, -0.05) is 31.2 Å². The number of halogens is 2. The molecule has 33 heavy (non-hydrogen) atoms. The molecule has 2 heterocycles. The standard InChI is InChI=1S/C26H25F2NO3S/c1-16-12-23(18-4-6-20(7-5-18)26(3,27)28)33-25(16)17(2)15-32-21-8-9-22-19(13-21)10-11-29(22)14-24(30)31/h4-13,17H,14-15H2,1-3H3,(H,30,31). The van der Waals surface area contributed by atoms with Crippen LogP contribution in [0.5, 0.6) is 5.75 Å². The monoisotopic (exact) mass is 469 g/mol. The highest BCUT2D eigenvalue weighted by atomic mass is 32.1. The van der Waals surface area contributed by atoms with Gasteiger partial charge in [0.2, 0.25) is 0 Å². The lowest BCUT2D eigenvalue weighted by Crippen LogP contribution is -2.07. The Bertz CT molecular complexity index is 1290. The summed E-state index contributed by atoms with van der Waals surface area (Å²) in [5.41, 5.74) is 2.93. The molecule has 0 amide bonds. The summed E-state index contributed by atoms with van der Waals surface area (Å²) in [5, 5.41) is 9.95. The first-order chi connectivity index (χ1) is 15.6. The van der Waals surface area contributed by atoms with Crippen molar-refractivity contribution in [1.82, 2.24) is 4.57 Å². The molecule has 1 N–H and O–H groups in total. The number of benzene rings is 2. The summed E-state index contributed by atoms with van der Waals surface area (Å²) >= 11 is 1.65. The van der Waals surface area contributed by atoms with Crippen molar-refractivity contribution in [3.05, 3.63) is 76.8 Å². The number of thiophene rings is 1. The van der Waals surface area contributed by atoms with Gasteiger partial charge >= 0.3 is 5.97 Å². The van der Waals surface area contributed by atoms with Crippen LogP contribution in [0.1, 0.15) is 35.8 Å². The number of ether oxygens (including phenoxy) is 1. The second-order valence-electron chi connectivity index (χ2n) is 8.39. The second-order valence-corrected chi connectivity index (χ2v) is 9.48. The van der Waals surface area contributed by atoms with Crippen molar-refractivity contribution in [3.63, 3.8) is 0 Å². The molecule has 172 valence electrons. The molecule has 0 saturated heterocycles. The molecule has 1 atom stereocenters. The number of hydrogen-bond acceptors (Lipinski definition) is 3. The average molecular weight is 470 g/mol. The smallest absolute Gasteiger partial charge is 0.323 e. The van der Waals surface area contributed by atoms with E-state index in [4.69, 9.17) is 9.84 Å². The molecule has 0 fully saturated rings. The Morgan fingerprint density at radius 2 is 1.88 bits per heavy atom. The molecule has 0 aliphatic rings. The Balaban J connectivity index is 1.45. The largest absolute Gasteiger partial charge is 0.493 e. The summed E-state index contributed by atoms with van der Waals surface area (Å²) in [6.07, 6.45) is 1.76. The average Bonchev–Trinajstić information content (AvgIpc) is 3.34. The summed E-state index contributed by atoms with van der Waals surface area (Å²) in [6, 6.07) is 16.1. The number of carboxylic acid groups (broad SMARTS) is 1. The van der Waals surface area contributed by atoms with Gasteiger partial charge in [0, 0.05) is 45.3 Å². The van der Waals surface area contributed by atoms with Crippen LogP contribution in [-0.4, -0.2) is 22.2 Å². The van der Waals surface area contributed by atoms with E-state index in [2.05, 4.69) is 19.9 Å². The first kappa shape index (κ1) is 23.0. The van der Waals surface area contributed by atoms with Crippen molar-refractivity contribution >= 4 is 28.2 Å². The zero-order valence-electron chi connectivity index (χ0n) is 18.6. The molecule has 0 aliphatic heterocycles. The minimum absolute atomic E-state index is 0.0109. The fourth-order valence-corrected chi connectivity index (χ4v) is 5.12. The number of carboxylic acids is 1. The second kappa shape index (κ2) is 8.98. The minimum atomic E-state index is -2.84. The van der Waals surface area contributed by atoms with Crippen LogP contribution in [0.3, 0.4) is 0 Å². The maximum Gasteiger partial charge on any atom is 0.323 e. The summed E-state index contributed by atoms with van der Waals surface area (Å²) in [4.78, 5) is 13.2. The van der Waals surface area contributed by atoms with E-state index in [-0.39, 0.29) is 18.0 Å². The number of fused-ring (bicyclic) bond motifs is 1. The molecule has 2 aromatic carbocycles. The number of hydrogen-bond donors (Lipinski definition) is 1. The number of rotatable bonds is 8. The Kier molecular flexibility index (Phi) is 6.26. The van der Waals surface area contributed by atoms with Crippen LogP contribution in [0.2, 0.25) is 0 Å². The normalized spacial score (nSPS) is 12.8. The van der Waals surface area contributed by atoms with Crippen molar-refractivity contribution in [2.75, 3.05) is 6.61 Å². The Hall–Kier alpha value is -3.19. The summed E-state index contributed by atoms with van der Waals surface area (Å²) < 4.78 is 34.7. The van der Waals surface area contributed by atoms with Crippen LogP contribution in [0.25, 0.3) is 21.3 Å². The van der Waals surface area contributed by atoms with Crippen molar-refractivity contribution in [1.29, 1.82) is 0 Å². The molecular weight excluding hydrogens is 444 g/mol. The zero-order chi connectivity index (χ0) is 23.8. The summed E-state index contributed by atoms with van der Waals surface area (Å²) in [5.74, 6) is -2.85. The number of aromatic nitrogens is 1. The Morgan fingerprint density at radius 3 is 2.55 bits per heavy atom. The van der Waals surface area contributed by atoms with Crippen LogP contribution >= 0.6 is 11.3 Å².